The molecule has 0 radical (unpaired) electrons. The third-order valence-corrected chi connectivity index (χ3v) is 2.49. The summed E-state index contributed by atoms with van der Waals surface area (Å²) in [5.41, 5.74) is 10.1. The van der Waals surface area contributed by atoms with E-state index in [1.165, 1.54) is 0 Å². The minimum atomic E-state index is -0.665. The Balaban J connectivity index is 2.21. The number of nitrogens with two attached hydrogens (primary N) is 2. The van der Waals surface area contributed by atoms with Crippen molar-refractivity contribution in [2.75, 3.05) is 0 Å². The number of nitrogens with one attached hydrogen (secondary N) is 1. The van der Waals surface area contributed by atoms with Gasteiger partial charge in [0.1, 0.15) is 5.52 Å². The van der Waals surface area contributed by atoms with Crippen molar-refractivity contribution >= 4 is 17.0 Å². The van der Waals surface area contributed by atoms with Gasteiger partial charge in [-0.25, -0.2) is 10.8 Å². The highest BCUT2D eigenvalue weighted by molar-refractivity contribution is 5.81. The van der Waals surface area contributed by atoms with Crippen LogP contribution in [0.15, 0.2) is 22.6 Å². The van der Waals surface area contributed by atoms with E-state index in [0.717, 1.165) is 11.1 Å². The number of fused-ring (bicyclic) bond motifs is 1. The maximum atomic E-state index is 11.2. The number of carbonyl (C=O) groups is 1. The van der Waals surface area contributed by atoms with E-state index in [-0.39, 0.29) is 5.91 Å². The van der Waals surface area contributed by atoms with Crippen LogP contribution in [0, 0.1) is 6.92 Å². The second kappa shape index (κ2) is 4.52. The van der Waals surface area contributed by atoms with Crippen molar-refractivity contribution < 1.29 is 9.21 Å². The molecule has 0 saturated carbocycles. The highest BCUT2D eigenvalue weighted by atomic mass is 16.3. The molecule has 6 heteroatoms. The number of amides is 1. The molecular formula is C11H14N4O2. The van der Waals surface area contributed by atoms with Crippen molar-refractivity contribution in [3.8, 4) is 0 Å². The lowest BCUT2D eigenvalue weighted by Gasteiger charge is -2.09. The number of aromatic nitrogens is 1. The molecule has 1 aromatic heterocycles. The molecule has 1 heterocycles. The molecule has 5 N–H and O–H groups in total. The van der Waals surface area contributed by atoms with Gasteiger partial charge in [-0.2, -0.15) is 0 Å². The van der Waals surface area contributed by atoms with Crippen LogP contribution in [0.4, 0.5) is 0 Å². The first-order valence-electron chi connectivity index (χ1n) is 5.22. The third kappa shape index (κ3) is 2.43. The monoisotopic (exact) mass is 234 g/mol. The molecule has 1 aromatic carbocycles. The summed E-state index contributed by atoms with van der Waals surface area (Å²) < 4.78 is 5.40. The highest BCUT2D eigenvalue weighted by Gasteiger charge is 2.13. The van der Waals surface area contributed by atoms with Gasteiger partial charge in [0.2, 0.25) is 0 Å². The minimum Gasteiger partial charge on any atom is -0.441 e. The average molecular weight is 234 g/mol. The van der Waals surface area contributed by atoms with Crippen molar-refractivity contribution in [3.63, 3.8) is 0 Å². The molecule has 1 unspecified atom stereocenters. The van der Waals surface area contributed by atoms with E-state index >= 15 is 0 Å². The first-order chi connectivity index (χ1) is 8.10. The van der Waals surface area contributed by atoms with Crippen LogP contribution in [-0.2, 0) is 11.2 Å². The Kier molecular flexibility index (Phi) is 3.08. The summed E-state index contributed by atoms with van der Waals surface area (Å²) in [4.78, 5) is 15.4. The van der Waals surface area contributed by atoms with E-state index in [1.54, 1.807) is 6.92 Å². The number of benzene rings is 1. The lowest BCUT2D eigenvalue weighted by molar-refractivity contribution is -0.122. The minimum absolute atomic E-state index is 0.390. The van der Waals surface area contributed by atoms with Crippen molar-refractivity contribution in [1.82, 2.24) is 10.4 Å². The van der Waals surface area contributed by atoms with E-state index in [0.29, 0.717) is 17.9 Å². The van der Waals surface area contributed by atoms with Gasteiger partial charge in [0.15, 0.2) is 11.5 Å². The topological polar surface area (TPSA) is 107 Å². The van der Waals surface area contributed by atoms with Crippen LogP contribution in [0.2, 0.25) is 0 Å². The Morgan fingerprint density at radius 1 is 1.59 bits per heavy atom. The number of carbonyl (C=O) groups excluding carboxylic acids is 1. The first kappa shape index (κ1) is 11.6. The van der Waals surface area contributed by atoms with Gasteiger partial charge in [0.05, 0.1) is 6.04 Å². The molecule has 2 rings (SSSR count). The van der Waals surface area contributed by atoms with Crippen LogP contribution in [0.3, 0.4) is 0 Å². The van der Waals surface area contributed by atoms with E-state index in [9.17, 15) is 4.79 Å². The Morgan fingerprint density at radius 3 is 3.06 bits per heavy atom. The van der Waals surface area contributed by atoms with Gasteiger partial charge in [-0.3, -0.25) is 10.2 Å². The summed E-state index contributed by atoms with van der Waals surface area (Å²) in [6.45, 7) is 1.78. The molecule has 0 saturated heterocycles. The predicted molar refractivity (Wildman–Crippen MR) is 62.8 cm³/mol. The molecule has 0 fully saturated rings. The molecular weight excluding hydrogens is 220 g/mol. The van der Waals surface area contributed by atoms with E-state index in [4.69, 9.17) is 16.0 Å². The van der Waals surface area contributed by atoms with Crippen molar-refractivity contribution in [3.05, 3.63) is 29.7 Å². The summed E-state index contributed by atoms with van der Waals surface area (Å²) in [6, 6.07) is 4.88. The predicted octanol–water partition coefficient (Wildman–Crippen LogP) is -0.00408. The van der Waals surface area contributed by atoms with Crippen LogP contribution < -0.4 is 17.0 Å². The molecule has 0 aliphatic heterocycles. The zero-order valence-electron chi connectivity index (χ0n) is 9.43. The van der Waals surface area contributed by atoms with Crippen molar-refractivity contribution in [2.24, 2.45) is 11.6 Å². The molecule has 1 amide bonds. The second-order valence-electron chi connectivity index (χ2n) is 3.85. The van der Waals surface area contributed by atoms with E-state index < -0.39 is 6.04 Å². The molecule has 90 valence electrons. The van der Waals surface area contributed by atoms with Gasteiger partial charge in [-0.05, 0) is 24.1 Å². The van der Waals surface area contributed by atoms with Gasteiger partial charge in [0, 0.05) is 6.92 Å². The van der Waals surface area contributed by atoms with Gasteiger partial charge in [-0.1, -0.05) is 6.07 Å². The second-order valence-corrected chi connectivity index (χ2v) is 3.85. The molecule has 0 aliphatic carbocycles. The van der Waals surface area contributed by atoms with Gasteiger partial charge in [-0.15, -0.1) is 0 Å². The highest BCUT2D eigenvalue weighted by Crippen LogP contribution is 2.17. The summed E-state index contributed by atoms with van der Waals surface area (Å²) in [7, 11) is 0. The largest absolute Gasteiger partial charge is 0.441 e. The molecule has 2 aromatic rings. The van der Waals surface area contributed by atoms with Crippen LogP contribution in [0.1, 0.15) is 11.5 Å². The quantitative estimate of drug-likeness (QED) is 0.393. The van der Waals surface area contributed by atoms with Gasteiger partial charge in [0.25, 0.3) is 5.91 Å². The van der Waals surface area contributed by atoms with Crippen LogP contribution in [0.5, 0.6) is 0 Å². The number of hydrazine groups is 1. The van der Waals surface area contributed by atoms with E-state index in [2.05, 4.69) is 4.98 Å². The zero-order chi connectivity index (χ0) is 12.4. The normalized spacial score (nSPS) is 12.6. The van der Waals surface area contributed by atoms with Crippen LogP contribution in [-0.4, -0.2) is 16.9 Å². The molecule has 0 aliphatic rings. The standard InChI is InChI=1S/C11H14N4O2/c1-6-14-9-3-2-7(5-10(9)17-6)4-8(12)11(16)15-13/h2-3,5,8H,4,12-13H2,1H3,(H,15,16). The van der Waals surface area contributed by atoms with E-state index in [1.807, 2.05) is 23.6 Å². The molecule has 1 atom stereocenters. The molecule has 0 bridgehead atoms. The Hall–Kier alpha value is -1.92. The maximum absolute atomic E-state index is 11.2. The summed E-state index contributed by atoms with van der Waals surface area (Å²) in [5, 5.41) is 0. The number of hydrogen-bond donors (Lipinski definition) is 3. The summed E-state index contributed by atoms with van der Waals surface area (Å²) >= 11 is 0. The third-order valence-electron chi connectivity index (χ3n) is 2.49. The number of aryl methyl sites for hydroxylation is 1. The lowest BCUT2D eigenvalue weighted by atomic mass is 10.1. The number of nitrogens with zero attached hydrogens (tertiary/aromatic N) is 1. The summed E-state index contributed by atoms with van der Waals surface area (Å²) in [6.07, 6.45) is 0.402. The average Bonchev–Trinajstić information content (AvgIpc) is 2.67. The van der Waals surface area contributed by atoms with Gasteiger partial charge < -0.3 is 10.2 Å². The zero-order valence-corrected chi connectivity index (χ0v) is 9.43. The van der Waals surface area contributed by atoms with Gasteiger partial charge >= 0.3 is 0 Å². The summed E-state index contributed by atoms with van der Waals surface area (Å²) in [5.74, 6) is 5.23. The fourth-order valence-corrected chi connectivity index (χ4v) is 1.66. The van der Waals surface area contributed by atoms with Crippen molar-refractivity contribution in [2.45, 2.75) is 19.4 Å². The fraction of sp³-hybridized carbons (Fsp3) is 0.273. The first-order valence-corrected chi connectivity index (χ1v) is 5.22. The smallest absolute Gasteiger partial charge is 0.251 e. The lowest BCUT2D eigenvalue weighted by Crippen LogP contribution is -2.45. The van der Waals surface area contributed by atoms with Crippen molar-refractivity contribution in [1.29, 1.82) is 0 Å². The Morgan fingerprint density at radius 2 is 2.35 bits per heavy atom. The fourth-order valence-electron chi connectivity index (χ4n) is 1.66. The SMILES string of the molecule is Cc1nc2ccc(CC(N)C(=O)NN)cc2o1. The molecule has 6 nitrogen and oxygen atoms in total. The molecule has 17 heavy (non-hydrogen) atoms. The van der Waals surface area contributed by atoms with Crippen LogP contribution >= 0.6 is 0 Å². The maximum Gasteiger partial charge on any atom is 0.251 e. The molecule has 0 spiro atoms. The Labute approximate surface area is 97.9 Å². The van der Waals surface area contributed by atoms with Crippen LogP contribution in [0.25, 0.3) is 11.1 Å². The number of oxazole rings is 1. The Bertz CT molecular complexity index is 549. The number of rotatable bonds is 3. The number of hydrogen-bond acceptors (Lipinski definition) is 5.